The summed E-state index contributed by atoms with van der Waals surface area (Å²) < 4.78 is 14.1. The molecule has 0 spiro atoms. The number of aromatic nitrogens is 1. The Morgan fingerprint density at radius 2 is 1.72 bits per heavy atom. The summed E-state index contributed by atoms with van der Waals surface area (Å²) >= 11 is 6.39. The molecule has 1 fully saturated rings. The highest BCUT2D eigenvalue weighted by molar-refractivity contribution is 6.30. The number of anilines is 1. The van der Waals surface area contributed by atoms with Crippen LogP contribution in [0.5, 0.6) is 0 Å². The van der Waals surface area contributed by atoms with Gasteiger partial charge in [-0.3, -0.25) is 14.5 Å². The van der Waals surface area contributed by atoms with Gasteiger partial charge < -0.3 is 10.3 Å². The highest BCUT2D eigenvalue weighted by atomic mass is 35.5. The zero-order chi connectivity index (χ0) is 29.7. The van der Waals surface area contributed by atoms with Crippen molar-refractivity contribution in [2.45, 2.75) is 24.9 Å². The van der Waals surface area contributed by atoms with Crippen molar-refractivity contribution in [3.05, 3.63) is 136 Å². The van der Waals surface area contributed by atoms with Crippen LogP contribution in [0.4, 0.5) is 14.9 Å². The van der Waals surface area contributed by atoms with Crippen LogP contribution < -0.4 is 10.2 Å². The first-order chi connectivity index (χ1) is 20.9. The average Bonchev–Trinajstić information content (AvgIpc) is 3.51. The van der Waals surface area contributed by atoms with E-state index in [9.17, 15) is 18.8 Å². The van der Waals surface area contributed by atoms with Gasteiger partial charge in [0.2, 0.25) is 0 Å². The number of rotatable bonds is 6. The molecule has 0 bridgehead atoms. The molecule has 2 aliphatic rings. The molecule has 3 heterocycles. The monoisotopic (exact) mass is 592 g/mol. The maximum Gasteiger partial charge on any atom is 0.332 e. The van der Waals surface area contributed by atoms with Gasteiger partial charge in [-0.2, -0.15) is 0 Å². The van der Waals surface area contributed by atoms with Crippen LogP contribution in [0.15, 0.2) is 97.1 Å². The molecular formula is C34H26ClFN4O3. The molecule has 0 saturated carbocycles. The topological polar surface area (TPSA) is 85.5 Å². The average molecular weight is 593 g/mol. The van der Waals surface area contributed by atoms with E-state index in [-0.39, 0.29) is 23.6 Å². The molecule has 4 aromatic carbocycles. The van der Waals surface area contributed by atoms with Crippen molar-refractivity contribution >= 4 is 46.0 Å². The first-order valence-corrected chi connectivity index (χ1v) is 14.4. The van der Waals surface area contributed by atoms with Crippen molar-refractivity contribution in [1.82, 2.24) is 15.2 Å². The van der Waals surface area contributed by atoms with Gasteiger partial charge in [0.15, 0.2) is 0 Å². The predicted octanol–water partition coefficient (Wildman–Crippen LogP) is 6.42. The molecule has 1 unspecified atom stereocenters. The number of halogens is 2. The fraction of sp³-hybridized carbons (Fsp3) is 0.147. The van der Waals surface area contributed by atoms with E-state index in [1.165, 1.54) is 6.07 Å². The van der Waals surface area contributed by atoms with Crippen LogP contribution in [-0.2, 0) is 17.6 Å². The molecule has 9 heteroatoms. The Kier molecular flexibility index (Phi) is 6.70. The normalized spacial score (nSPS) is 17.7. The number of nitrogens with zero attached hydrogens (tertiary/aromatic N) is 2. The number of benzene rings is 4. The molecule has 4 amide bonds. The number of H-pyrrole nitrogens is 1. The van der Waals surface area contributed by atoms with E-state index in [0.29, 0.717) is 23.4 Å². The lowest BCUT2D eigenvalue weighted by atomic mass is 9.89. The second-order valence-electron chi connectivity index (χ2n) is 10.7. The molecule has 7 nitrogen and oxygen atoms in total. The summed E-state index contributed by atoms with van der Waals surface area (Å²) in [5.41, 5.74) is 4.38. The largest absolute Gasteiger partial charge is 0.356 e. The van der Waals surface area contributed by atoms with Crippen molar-refractivity contribution in [3.63, 3.8) is 0 Å². The standard InChI is InChI=1S/C34H26ClFN4O3/c35-22-10-7-9-21(18-22)31-30-25(23-11-2-5-14-27(23)38-30)19-29-33(42)40(34(43)39(29)31)28-15-6-3-12-24(28)32(41)37-17-16-20-8-1-4-13-26(20)36/h1-15,18,29,31,38H,16-17,19H2,(H,37,41)/t29-,31?/m0/s1. The van der Waals surface area contributed by atoms with Crippen LogP contribution in [0.3, 0.4) is 0 Å². The van der Waals surface area contributed by atoms with Gasteiger partial charge >= 0.3 is 6.03 Å². The third-order valence-corrected chi connectivity index (χ3v) is 8.48. The summed E-state index contributed by atoms with van der Waals surface area (Å²) in [5, 5.41) is 4.33. The molecule has 214 valence electrons. The van der Waals surface area contributed by atoms with E-state index in [2.05, 4.69) is 10.3 Å². The number of hydrogen-bond donors (Lipinski definition) is 2. The van der Waals surface area contributed by atoms with Crippen molar-refractivity contribution in [2.24, 2.45) is 0 Å². The summed E-state index contributed by atoms with van der Waals surface area (Å²) in [6.07, 6.45) is 0.625. The van der Waals surface area contributed by atoms with E-state index >= 15 is 0 Å². The maximum absolute atomic E-state index is 14.3. The fourth-order valence-electron chi connectivity index (χ4n) is 6.29. The van der Waals surface area contributed by atoms with Crippen LogP contribution in [0.2, 0.25) is 5.02 Å². The lowest BCUT2D eigenvalue weighted by molar-refractivity contribution is -0.120. The summed E-state index contributed by atoms with van der Waals surface area (Å²) in [7, 11) is 0. The number of aromatic amines is 1. The Bertz CT molecular complexity index is 1920. The molecule has 2 atom stereocenters. The van der Waals surface area contributed by atoms with E-state index in [0.717, 1.165) is 32.6 Å². The summed E-state index contributed by atoms with van der Waals surface area (Å²) in [6.45, 7) is 0.184. The van der Waals surface area contributed by atoms with Crippen LogP contribution in [0.1, 0.15) is 38.8 Å². The van der Waals surface area contributed by atoms with Crippen molar-refractivity contribution in [3.8, 4) is 0 Å². The second-order valence-corrected chi connectivity index (χ2v) is 11.2. The third-order valence-electron chi connectivity index (χ3n) is 8.24. The Labute approximate surface area is 251 Å². The number of nitrogens with one attached hydrogen (secondary N) is 2. The third kappa shape index (κ3) is 4.55. The number of imide groups is 1. The van der Waals surface area contributed by atoms with Gasteiger partial charge in [-0.25, -0.2) is 14.1 Å². The number of carbonyl (C=O) groups excluding carboxylic acids is 3. The highest BCUT2D eigenvalue weighted by Gasteiger charge is 2.53. The summed E-state index contributed by atoms with van der Waals surface area (Å²) in [6, 6.07) is 26.2. The minimum Gasteiger partial charge on any atom is -0.356 e. The Balaban J connectivity index is 1.24. The molecule has 7 rings (SSSR count). The van der Waals surface area contributed by atoms with E-state index in [1.807, 2.05) is 36.4 Å². The number of fused-ring (bicyclic) bond motifs is 4. The van der Waals surface area contributed by atoms with Crippen molar-refractivity contribution in [1.29, 1.82) is 0 Å². The molecule has 1 saturated heterocycles. The van der Waals surface area contributed by atoms with Crippen LogP contribution in [0, 0.1) is 5.82 Å². The maximum atomic E-state index is 14.3. The lowest BCUT2D eigenvalue weighted by Crippen LogP contribution is -2.44. The number of hydrogen-bond acceptors (Lipinski definition) is 3. The number of carbonyl (C=O) groups is 3. The Morgan fingerprint density at radius 1 is 0.953 bits per heavy atom. The first-order valence-electron chi connectivity index (χ1n) is 14.0. The SMILES string of the molecule is O=C(NCCc1ccccc1F)c1ccccc1N1C(=O)[C@@H]2Cc3c([nH]c4ccccc34)C(c3cccc(Cl)c3)N2C1=O. The number of urea groups is 1. The molecule has 2 aliphatic heterocycles. The number of para-hydroxylation sites is 2. The summed E-state index contributed by atoms with van der Waals surface area (Å²) in [4.78, 5) is 47.9. The molecular weight excluding hydrogens is 567 g/mol. The molecule has 1 aromatic heterocycles. The Morgan fingerprint density at radius 3 is 2.56 bits per heavy atom. The van der Waals surface area contributed by atoms with E-state index in [4.69, 9.17) is 11.6 Å². The van der Waals surface area contributed by atoms with Gasteiger partial charge in [0.25, 0.3) is 11.8 Å². The van der Waals surface area contributed by atoms with Gasteiger partial charge in [-0.1, -0.05) is 72.3 Å². The quantitative estimate of drug-likeness (QED) is 0.223. The zero-order valence-electron chi connectivity index (χ0n) is 22.9. The molecule has 0 aliphatic carbocycles. The van der Waals surface area contributed by atoms with Gasteiger partial charge in [-0.05, 0) is 59.5 Å². The van der Waals surface area contributed by atoms with E-state index in [1.54, 1.807) is 59.5 Å². The highest BCUT2D eigenvalue weighted by Crippen LogP contribution is 2.45. The minimum atomic E-state index is -0.777. The van der Waals surface area contributed by atoms with Crippen LogP contribution >= 0.6 is 11.6 Å². The Hall–Kier alpha value is -4.95. The van der Waals surface area contributed by atoms with Crippen LogP contribution in [0.25, 0.3) is 10.9 Å². The molecule has 5 aromatic rings. The van der Waals surface area contributed by atoms with E-state index < -0.39 is 29.9 Å². The predicted molar refractivity (Wildman–Crippen MR) is 163 cm³/mol. The van der Waals surface area contributed by atoms with Crippen LogP contribution in [-0.4, -0.2) is 40.3 Å². The molecule has 2 N–H and O–H groups in total. The number of amides is 4. The van der Waals surface area contributed by atoms with Gasteiger partial charge in [-0.15, -0.1) is 0 Å². The van der Waals surface area contributed by atoms with Gasteiger partial charge in [0.05, 0.1) is 11.3 Å². The van der Waals surface area contributed by atoms with Gasteiger partial charge in [0, 0.05) is 34.6 Å². The van der Waals surface area contributed by atoms with Crippen molar-refractivity contribution in [2.75, 3.05) is 11.4 Å². The smallest absolute Gasteiger partial charge is 0.332 e. The fourth-order valence-corrected chi connectivity index (χ4v) is 6.49. The molecule has 0 radical (unpaired) electrons. The zero-order valence-corrected chi connectivity index (χ0v) is 23.6. The lowest BCUT2D eigenvalue weighted by Gasteiger charge is -2.36. The van der Waals surface area contributed by atoms with Crippen molar-refractivity contribution < 1.29 is 18.8 Å². The summed E-state index contributed by atoms with van der Waals surface area (Å²) in [5.74, 6) is -1.20. The molecule has 43 heavy (non-hydrogen) atoms. The minimum absolute atomic E-state index is 0.181. The van der Waals surface area contributed by atoms with Gasteiger partial charge in [0.1, 0.15) is 17.9 Å². The second kappa shape index (κ2) is 10.7. The first kappa shape index (κ1) is 26.9.